The lowest BCUT2D eigenvalue weighted by Crippen LogP contribution is -2.44. The van der Waals surface area contributed by atoms with Gasteiger partial charge in [-0.25, -0.2) is 13.2 Å². The molecule has 4 amide bonds. The first-order valence-electron chi connectivity index (χ1n) is 9.86. The van der Waals surface area contributed by atoms with Crippen LogP contribution >= 0.6 is 0 Å². The molecule has 1 aliphatic carbocycles. The maximum absolute atomic E-state index is 12.7. The average molecular weight is 420 g/mol. The number of imide groups is 1. The first-order chi connectivity index (χ1) is 13.8. The summed E-state index contributed by atoms with van der Waals surface area (Å²) in [6.07, 6.45) is 4.58. The van der Waals surface area contributed by atoms with E-state index in [-0.39, 0.29) is 10.8 Å². The molecule has 2 N–H and O–H groups in total. The molecule has 3 aliphatic rings. The zero-order chi connectivity index (χ0) is 20.6. The topological polar surface area (TPSA) is 116 Å². The number of hydrogen-bond donors (Lipinski definition) is 2. The fourth-order valence-corrected chi connectivity index (χ4v) is 5.86. The van der Waals surface area contributed by atoms with Crippen LogP contribution in [0.25, 0.3) is 0 Å². The molecule has 0 bridgehead atoms. The highest BCUT2D eigenvalue weighted by Crippen LogP contribution is 2.35. The van der Waals surface area contributed by atoms with E-state index in [0.29, 0.717) is 31.6 Å². The molecule has 1 saturated carbocycles. The van der Waals surface area contributed by atoms with Crippen molar-refractivity contribution in [3.8, 4) is 0 Å². The molecule has 29 heavy (non-hydrogen) atoms. The Morgan fingerprint density at radius 3 is 2.48 bits per heavy atom. The average Bonchev–Trinajstić information content (AvgIpc) is 3.42. The molecule has 9 nitrogen and oxygen atoms in total. The summed E-state index contributed by atoms with van der Waals surface area (Å²) < 4.78 is 26.8. The van der Waals surface area contributed by atoms with Crippen LogP contribution in [-0.4, -0.2) is 60.6 Å². The van der Waals surface area contributed by atoms with Gasteiger partial charge in [-0.15, -0.1) is 0 Å². The van der Waals surface area contributed by atoms with Gasteiger partial charge in [0.15, 0.2) is 0 Å². The minimum atomic E-state index is -3.60. The number of carbonyl (C=O) groups is 3. The highest BCUT2D eigenvalue weighted by atomic mass is 32.2. The second kappa shape index (κ2) is 7.42. The van der Waals surface area contributed by atoms with Crippen LogP contribution in [0, 0.1) is 0 Å². The molecule has 2 aliphatic heterocycles. The molecule has 4 rings (SSSR count). The Hall–Kier alpha value is -2.46. The van der Waals surface area contributed by atoms with E-state index in [1.165, 1.54) is 16.4 Å². The van der Waals surface area contributed by atoms with Crippen LogP contribution in [0.3, 0.4) is 0 Å². The number of sulfonamides is 1. The van der Waals surface area contributed by atoms with Gasteiger partial charge in [-0.05, 0) is 43.9 Å². The summed E-state index contributed by atoms with van der Waals surface area (Å²) in [7, 11) is -3.60. The normalized spacial score (nSPS) is 21.7. The van der Waals surface area contributed by atoms with Crippen molar-refractivity contribution in [1.82, 2.24) is 14.5 Å². The molecule has 0 atom stereocenters. The Morgan fingerprint density at radius 1 is 1.10 bits per heavy atom. The van der Waals surface area contributed by atoms with E-state index in [1.54, 1.807) is 12.1 Å². The SMILES string of the molecule is O=C(CN1C(=O)NC2(CCCC2)C1=O)Nc1cccc(S(=O)(=O)N2CCCC2)c1. The molecule has 2 saturated heterocycles. The number of carbonyl (C=O) groups excluding carboxylic acids is 3. The van der Waals surface area contributed by atoms with Crippen LogP contribution in [0.2, 0.25) is 0 Å². The first kappa shape index (κ1) is 19.8. The summed E-state index contributed by atoms with van der Waals surface area (Å²) in [5.74, 6) is -0.917. The summed E-state index contributed by atoms with van der Waals surface area (Å²) in [6, 6.07) is 5.46. The van der Waals surface area contributed by atoms with Gasteiger partial charge in [0.05, 0.1) is 4.90 Å². The van der Waals surface area contributed by atoms with Gasteiger partial charge >= 0.3 is 6.03 Å². The lowest BCUT2D eigenvalue weighted by Gasteiger charge is -2.20. The van der Waals surface area contributed by atoms with Crippen molar-refractivity contribution < 1.29 is 22.8 Å². The molecule has 3 fully saturated rings. The summed E-state index contributed by atoms with van der Waals surface area (Å²) >= 11 is 0. The number of benzene rings is 1. The van der Waals surface area contributed by atoms with Crippen molar-refractivity contribution in [1.29, 1.82) is 0 Å². The lowest BCUT2D eigenvalue weighted by molar-refractivity contribution is -0.133. The molecule has 0 unspecified atom stereocenters. The first-order valence-corrected chi connectivity index (χ1v) is 11.3. The van der Waals surface area contributed by atoms with E-state index < -0.39 is 34.0 Å². The summed E-state index contributed by atoms with van der Waals surface area (Å²) in [5, 5.41) is 5.33. The standard InChI is InChI=1S/C19H24N4O5S/c24-16(13-23-17(25)19(21-18(23)26)8-1-2-9-19)20-14-6-5-7-15(12-14)29(27,28)22-10-3-4-11-22/h5-7,12H,1-4,8-11,13H2,(H,20,24)(H,21,26). The summed E-state index contributed by atoms with van der Waals surface area (Å²) in [5.41, 5.74) is -0.556. The number of hydrogen-bond acceptors (Lipinski definition) is 5. The van der Waals surface area contributed by atoms with Crippen molar-refractivity contribution in [2.45, 2.75) is 49.0 Å². The predicted octanol–water partition coefficient (Wildman–Crippen LogP) is 1.27. The van der Waals surface area contributed by atoms with Crippen LogP contribution in [0.1, 0.15) is 38.5 Å². The smallest absolute Gasteiger partial charge is 0.324 e. The Balaban J connectivity index is 1.44. The van der Waals surface area contributed by atoms with Gasteiger partial charge in [-0.3, -0.25) is 14.5 Å². The molecule has 1 aromatic rings. The highest BCUT2D eigenvalue weighted by molar-refractivity contribution is 7.89. The second-order valence-electron chi connectivity index (χ2n) is 7.80. The number of amides is 4. The van der Waals surface area contributed by atoms with Crippen molar-refractivity contribution in [3.05, 3.63) is 24.3 Å². The molecule has 10 heteroatoms. The van der Waals surface area contributed by atoms with E-state index >= 15 is 0 Å². The van der Waals surface area contributed by atoms with Crippen LogP contribution < -0.4 is 10.6 Å². The number of anilines is 1. The minimum Gasteiger partial charge on any atom is -0.324 e. The molecule has 0 radical (unpaired) electrons. The second-order valence-corrected chi connectivity index (χ2v) is 9.74. The van der Waals surface area contributed by atoms with E-state index in [4.69, 9.17) is 0 Å². The quantitative estimate of drug-likeness (QED) is 0.696. The predicted molar refractivity (Wildman–Crippen MR) is 105 cm³/mol. The van der Waals surface area contributed by atoms with Gasteiger partial charge in [0.2, 0.25) is 15.9 Å². The Labute approximate surface area is 169 Å². The lowest BCUT2D eigenvalue weighted by atomic mass is 9.98. The van der Waals surface area contributed by atoms with E-state index in [2.05, 4.69) is 10.6 Å². The van der Waals surface area contributed by atoms with Crippen molar-refractivity contribution in [3.63, 3.8) is 0 Å². The maximum Gasteiger partial charge on any atom is 0.325 e. The van der Waals surface area contributed by atoms with Gasteiger partial charge in [-0.1, -0.05) is 18.9 Å². The Morgan fingerprint density at radius 2 is 1.79 bits per heavy atom. The largest absolute Gasteiger partial charge is 0.325 e. The van der Waals surface area contributed by atoms with Gasteiger partial charge in [-0.2, -0.15) is 4.31 Å². The third-order valence-electron chi connectivity index (χ3n) is 5.83. The molecular weight excluding hydrogens is 396 g/mol. The fraction of sp³-hybridized carbons (Fsp3) is 0.526. The number of nitrogens with one attached hydrogen (secondary N) is 2. The van der Waals surface area contributed by atoms with E-state index in [9.17, 15) is 22.8 Å². The van der Waals surface area contributed by atoms with Crippen LogP contribution in [-0.2, 0) is 19.6 Å². The monoisotopic (exact) mass is 420 g/mol. The molecule has 0 aromatic heterocycles. The van der Waals surface area contributed by atoms with Gasteiger partial charge in [0, 0.05) is 18.8 Å². The van der Waals surface area contributed by atoms with Gasteiger partial charge < -0.3 is 10.6 Å². The minimum absolute atomic E-state index is 0.108. The van der Waals surface area contributed by atoms with Crippen molar-refractivity contribution in [2.75, 3.05) is 25.0 Å². The summed E-state index contributed by atoms with van der Waals surface area (Å²) in [4.78, 5) is 38.3. The highest BCUT2D eigenvalue weighted by Gasteiger charge is 2.52. The van der Waals surface area contributed by atoms with E-state index in [1.807, 2.05) is 0 Å². The molecule has 1 spiro atoms. The third kappa shape index (κ3) is 3.62. The molecule has 2 heterocycles. The maximum atomic E-state index is 12.7. The van der Waals surface area contributed by atoms with Crippen molar-refractivity contribution >= 4 is 33.6 Å². The Kier molecular flexibility index (Phi) is 5.07. The van der Waals surface area contributed by atoms with Crippen LogP contribution in [0.4, 0.5) is 10.5 Å². The van der Waals surface area contributed by atoms with Gasteiger partial charge in [0.1, 0.15) is 12.1 Å². The zero-order valence-corrected chi connectivity index (χ0v) is 16.8. The molecule has 156 valence electrons. The van der Waals surface area contributed by atoms with E-state index in [0.717, 1.165) is 30.6 Å². The molecule has 1 aromatic carbocycles. The van der Waals surface area contributed by atoms with Crippen LogP contribution in [0.5, 0.6) is 0 Å². The molecular formula is C19H24N4O5S. The number of urea groups is 1. The summed E-state index contributed by atoms with van der Waals surface area (Å²) in [6.45, 7) is 0.579. The fourth-order valence-electron chi connectivity index (χ4n) is 4.29. The Bertz CT molecular complexity index is 949. The number of nitrogens with zero attached hydrogens (tertiary/aromatic N) is 2. The third-order valence-corrected chi connectivity index (χ3v) is 7.72. The van der Waals surface area contributed by atoms with Crippen LogP contribution in [0.15, 0.2) is 29.2 Å². The van der Waals surface area contributed by atoms with Crippen molar-refractivity contribution in [2.24, 2.45) is 0 Å². The zero-order valence-electron chi connectivity index (χ0n) is 16.0. The van der Waals surface area contributed by atoms with Gasteiger partial charge in [0.25, 0.3) is 5.91 Å². The number of rotatable bonds is 5.